The van der Waals surface area contributed by atoms with Gasteiger partial charge in [0.05, 0.1) is 5.69 Å². The molecule has 0 fully saturated rings. The highest BCUT2D eigenvalue weighted by molar-refractivity contribution is 5.61. The van der Waals surface area contributed by atoms with Crippen molar-refractivity contribution in [3.8, 4) is 0 Å². The van der Waals surface area contributed by atoms with Crippen LogP contribution in [0.5, 0.6) is 0 Å². The maximum Gasteiger partial charge on any atom is 0.170 e. The van der Waals surface area contributed by atoms with Crippen LogP contribution < -0.4 is 10.7 Å². The van der Waals surface area contributed by atoms with E-state index in [0.717, 1.165) is 12.4 Å². The molecule has 0 radical (unpaired) electrons. The second-order valence-electron chi connectivity index (χ2n) is 3.20. The summed E-state index contributed by atoms with van der Waals surface area (Å²) in [6.07, 6.45) is 5.69. The van der Waals surface area contributed by atoms with Gasteiger partial charge in [0.15, 0.2) is 5.82 Å². The summed E-state index contributed by atoms with van der Waals surface area (Å²) in [5.74, 6) is 0.788. The van der Waals surface area contributed by atoms with Crippen LogP contribution in [0.1, 0.15) is 6.92 Å². The standard InChI is InChI=1S/C11H14N4/c1-2-15(14-8-3-4-9-14)11-10(12)6-5-7-13-11/h3-9H,2,12H2,1H3. The zero-order chi connectivity index (χ0) is 10.7. The topological polar surface area (TPSA) is 47.1 Å². The minimum absolute atomic E-state index is 0.688. The van der Waals surface area contributed by atoms with E-state index in [-0.39, 0.29) is 0 Å². The molecule has 4 nitrogen and oxygen atoms in total. The molecule has 0 aliphatic carbocycles. The SMILES string of the molecule is CCN(c1ncccc1N)n1cccc1. The van der Waals surface area contributed by atoms with Crippen molar-refractivity contribution >= 4 is 11.5 Å². The summed E-state index contributed by atoms with van der Waals surface area (Å²) in [4.78, 5) is 4.29. The summed E-state index contributed by atoms with van der Waals surface area (Å²) < 4.78 is 1.97. The number of hydrogen-bond acceptors (Lipinski definition) is 3. The fourth-order valence-corrected chi connectivity index (χ4v) is 1.53. The molecule has 0 atom stereocenters. The average Bonchev–Trinajstić information content (AvgIpc) is 2.75. The highest BCUT2D eigenvalue weighted by Crippen LogP contribution is 2.19. The summed E-state index contributed by atoms with van der Waals surface area (Å²) in [5.41, 5.74) is 6.57. The van der Waals surface area contributed by atoms with Crippen molar-refractivity contribution in [2.24, 2.45) is 0 Å². The Kier molecular flexibility index (Phi) is 2.58. The van der Waals surface area contributed by atoms with Crippen molar-refractivity contribution in [2.75, 3.05) is 17.3 Å². The van der Waals surface area contributed by atoms with Gasteiger partial charge in [0.25, 0.3) is 0 Å². The van der Waals surface area contributed by atoms with E-state index < -0.39 is 0 Å². The Morgan fingerprint density at radius 2 is 2.07 bits per heavy atom. The van der Waals surface area contributed by atoms with Crippen molar-refractivity contribution in [1.82, 2.24) is 9.66 Å². The summed E-state index contributed by atoms with van der Waals surface area (Å²) >= 11 is 0. The van der Waals surface area contributed by atoms with Crippen LogP contribution in [0.15, 0.2) is 42.9 Å². The number of nitrogens with zero attached hydrogens (tertiary/aromatic N) is 3. The first-order valence-electron chi connectivity index (χ1n) is 4.94. The zero-order valence-electron chi connectivity index (χ0n) is 8.67. The Morgan fingerprint density at radius 1 is 1.33 bits per heavy atom. The van der Waals surface area contributed by atoms with Crippen LogP contribution in [0.2, 0.25) is 0 Å². The Hall–Kier alpha value is -1.97. The molecule has 2 aromatic rings. The molecule has 78 valence electrons. The number of pyridine rings is 1. The number of anilines is 2. The molecule has 0 amide bonds. The molecular formula is C11H14N4. The Balaban J connectivity index is 2.40. The molecule has 0 aliphatic heterocycles. The minimum Gasteiger partial charge on any atom is -0.396 e. The minimum atomic E-state index is 0.688. The molecular weight excluding hydrogens is 188 g/mol. The van der Waals surface area contributed by atoms with Crippen molar-refractivity contribution in [2.45, 2.75) is 6.92 Å². The van der Waals surface area contributed by atoms with Gasteiger partial charge in [-0.25, -0.2) is 4.98 Å². The molecule has 2 aromatic heterocycles. The second-order valence-corrected chi connectivity index (χ2v) is 3.20. The first kappa shape index (κ1) is 9.58. The maximum atomic E-state index is 5.89. The predicted octanol–water partition coefficient (Wildman–Crippen LogP) is 1.75. The number of aromatic nitrogens is 2. The Bertz CT molecular complexity index is 422. The lowest BCUT2D eigenvalue weighted by atomic mass is 10.4. The van der Waals surface area contributed by atoms with Gasteiger partial charge < -0.3 is 5.73 Å². The molecule has 2 heterocycles. The third-order valence-electron chi connectivity index (χ3n) is 2.23. The van der Waals surface area contributed by atoms with E-state index in [1.54, 1.807) is 6.20 Å². The lowest BCUT2D eigenvalue weighted by molar-refractivity contribution is 0.707. The average molecular weight is 202 g/mol. The monoisotopic (exact) mass is 202 g/mol. The Morgan fingerprint density at radius 3 is 2.67 bits per heavy atom. The lowest BCUT2D eigenvalue weighted by Gasteiger charge is -2.24. The van der Waals surface area contributed by atoms with Crippen molar-refractivity contribution in [3.05, 3.63) is 42.9 Å². The highest BCUT2D eigenvalue weighted by Gasteiger charge is 2.09. The molecule has 0 bridgehead atoms. The fraction of sp³-hybridized carbons (Fsp3) is 0.182. The second kappa shape index (κ2) is 4.04. The largest absolute Gasteiger partial charge is 0.396 e. The van der Waals surface area contributed by atoms with Gasteiger partial charge in [0.2, 0.25) is 0 Å². The number of rotatable bonds is 3. The van der Waals surface area contributed by atoms with E-state index in [9.17, 15) is 0 Å². The number of nitrogen functional groups attached to an aromatic ring is 1. The van der Waals surface area contributed by atoms with E-state index >= 15 is 0 Å². The highest BCUT2D eigenvalue weighted by atomic mass is 15.6. The predicted molar refractivity (Wildman–Crippen MR) is 61.5 cm³/mol. The first-order chi connectivity index (χ1) is 7.33. The number of nitrogens with two attached hydrogens (primary N) is 1. The van der Waals surface area contributed by atoms with Crippen LogP contribution in [0, 0.1) is 0 Å². The van der Waals surface area contributed by atoms with Gasteiger partial charge in [-0.2, -0.15) is 0 Å². The molecule has 2 N–H and O–H groups in total. The quantitative estimate of drug-likeness (QED) is 0.824. The molecule has 2 rings (SSSR count). The van der Waals surface area contributed by atoms with Crippen LogP contribution in [0.25, 0.3) is 0 Å². The van der Waals surface area contributed by atoms with Crippen LogP contribution >= 0.6 is 0 Å². The van der Waals surface area contributed by atoms with Gasteiger partial charge in [-0.3, -0.25) is 9.69 Å². The van der Waals surface area contributed by atoms with E-state index in [2.05, 4.69) is 11.9 Å². The van der Waals surface area contributed by atoms with E-state index in [1.807, 2.05) is 46.3 Å². The van der Waals surface area contributed by atoms with E-state index in [1.165, 1.54) is 0 Å². The summed E-state index contributed by atoms with van der Waals surface area (Å²) in [7, 11) is 0. The third-order valence-corrected chi connectivity index (χ3v) is 2.23. The molecule has 0 aliphatic rings. The number of hydrogen-bond donors (Lipinski definition) is 1. The fourth-order valence-electron chi connectivity index (χ4n) is 1.53. The summed E-state index contributed by atoms with van der Waals surface area (Å²) in [6, 6.07) is 7.64. The maximum absolute atomic E-state index is 5.89. The van der Waals surface area contributed by atoms with Crippen LogP contribution in [0.4, 0.5) is 11.5 Å². The molecule has 0 saturated heterocycles. The van der Waals surface area contributed by atoms with Gasteiger partial charge in [0, 0.05) is 25.1 Å². The van der Waals surface area contributed by atoms with Crippen LogP contribution in [0.3, 0.4) is 0 Å². The van der Waals surface area contributed by atoms with Gasteiger partial charge in [-0.15, -0.1) is 0 Å². The van der Waals surface area contributed by atoms with Crippen molar-refractivity contribution in [1.29, 1.82) is 0 Å². The van der Waals surface area contributed by atoms with E-state index in [0.29, 0.717) is 5.69 Å². The normalized spacial score (nSPS) is 10.2. The van der Waals surface area contributed by atoms with Crippen molar-refractivity contribution < 1.29 is 0 Å². The van der Waals surface area contributed by atoms with Gasteiger partial charge in [-0.05, 0) is 31.2 Å². The van der Waals surface area contributed by atoms with Crippen LogP contribution in [-0.2, 0) is 0 Å². The molecule has 0 saturated carbocycles. The van der Waals surface area contributed by atoms with Crippen LogP contribution in [-0.4, -0.2) is 16.2 Å². The van der Waals surface area contributed by atoms with Crippen molar-refractivity contribution in [3.63, 3.8) is 0 Å². The Labute approximate surface area is 88.9 Å². The molecule has 0 aromatic carbocycles. The lowest BCUT2D eigenvalue weighted by Crippen LogP contribution is -2.29. The van der Waals surface area contributed by atoms with Gasteiger partial charge in [0.1, 0.15) is 0 Å². The van der Waals surface area contributed by atoms with Gasteiger partial charge >= 0.3 is 0 Å². The van der Waals surface area contributed by atoms with Gasteiger partial charge in [-0.1, -0.05) is 0 Å². The van der Waals surface area contributed by atoms with E-state index in [4.69, 9.17) is 5.73 Å². The molecule has 0 unspecified atom stereocenters. The third kappa shape index (κ3) is 1.79. The first-order valence-corrected chi connectivity index (χ1v) is 4.94. The molecule has 4 heteroatoms. The molecule has 15 heavy (non-hydrogen) atoms. The summed E-state index contributed by atoms with van der Waals surface area (Å²) in [6.45, 7) is 2.88. The molecule has 0 spiro atoms. The smallest absolute Gasteiger partial charge is 0.170 e. The zero-order valence-corrected chi connectivity index (χ0v) is 8.67. The summed E-state index contributed by atoms with van der Waals surface area (Å²) in [5, 5.41) is 2.01.